The number of benzene rings is 1. The second kappa shape index (κ2) is 7.79. The summed E-state index contributed by atoms with van der Waals surface area (Å²) in [5.74, 6) is 0. The van der Waals surface area contributed by atoms with Gasteiger partial charge in [-0.25, -0.2) is 4.98 Å². The first-order chi connectivity index (χ1) is 13.2. The Bertz CT molecular complexity index is 1050. The van der Waals surface area contributed by atoms with Crippen molar-refractivity contribution in [3.8, 4) is 11.3 Å². The van der Waals surface area contributed by atoms with Crippen LogP contribution in [0, 0.1) is 6.92 Å². The Balaban J connectivity index is 2.19. The van der Waals surface area contributed by atoms with Gasteiger partial charge >= 0.3 is 6.18 Å². The van der Waals surface area contributed by atoms with E-state index in [9.17, 15) is 18.0 Å². The minimum atomic E-state index is -4.71. The van der Waals surface area contributed by atoms with Gasteiger partial charge in [0, 0.05) is 5.38 Å². The minimum Gasteiger partial charge on any atom is -0.394 e. The zero-order valence-electron chi connectivity index (χ0n) is 15.5. The molecule has 0 spiro atoms. The monoisotopic (exact) mass is 407 g/mol. The predicted molar refractivity (Wildman–Crippen MR) is 106 cm³/mol. The number of anilines is 1. The Morgan fingerprint density at radius 2 is 2.00 bits per heavy atom. The summed E-state index contributed by atoms with van der Waals surface area (Å²) >= 11 is 1.48. The summed E-state index contributed by atoms with van der Waals surface area (Å²) in [7, 11) is 0. The Morgan fingerprint density at radius 1 is 1.25 bits per heavy atom. The molecule has 28 heavy (non-hydrogen) atoms. The van der Waals surface area contributed by atoms with E-state index in [0.29, 0.717) is 11.3 Å². The number of rotatable bonds is 5. The van der Waals surface area contributed by atoms with Crippen molar-refractivity contribution >= 4 is 17.0 Å². The SMILES string of the molecule is CCCc1nc(Cn2c(-c3cccc(C)c3)cc(C(F)(F)F)c(N)c2=O)cs1. The van der Waals surface area contributed by atoms with Crippen LogP contribution in [-0.4, -0.2) is 9.55 Å². The molecule has 2 aromatic heterocycles. The summed E-state index contributed by atoms with van der Waals surface area (Å²) in [6.45, 7) is 3.94. The van der Waals surface area contributed by atoms with Crippen LogP contribution in [0.3, 0.4) is 0 Å². The molecule has 0 radical (unpaired) electrons. The fourth-order valence-corrected chi connectivity index (χ4v) is 3.90. The van der Waals surface area contributed by atoms with E-state index in [1.165, 1.54) is 15.9 Å². The molecule has 0 fully saturated rings. The van der Waals surface area contributed by atoms with Crippen molar-refractivity contribution in [1.29, 1.82) is 0 Å². The highest BCUT2D eigenvalue weighted by Crippen LogP contribution is 2.35. The van der Waals surface area contributed by atoms with Gasteiger partial charge in [0.1, 0.15) is 5.69 Å². The molecule has 0 amide bonds. The van der Waals surface area contributed by atoms with Gasteiger partial charge in [-0.3, -0.25) is 4.79 Å². The molecule has 0 aliphatic rings. The fraction of sp³-hybridized carbons (Fsp3) is 0.300. The zero-order chi connectivity index (χ0) is 20.5. The molecule has 3 aromatic rings. The maximum absolute atomic E-state index is 13.4. The van der Waals surface area contributed by atoms with Crippen molar-refractivity contribution < 1.29 is 13.2 Å². The molecular formula is C20H20F3N3OS. The highest BCUT2D eigenvalue weighted by atomic mass is 32.1. The number of hydrogen-bond donors (Lipinski definition) is 1. The molecular weight excluding hydrogens is 387 g/mol. The third-order valence-corrected chi connectivity index (χ3v) is 5.30. The van der Waals surface area contributed by atoms with Gasteiger partial charge in [-0.2, -0.15) is 13.2 Å². The molecule has 0 bridgehead atoms. The topological polar surface area (TPSA) is 60.9 Å². The predicted octanol–water partition coefficient (Wildman–Crippen LogP) is 4.88. The van der Waals surface area contributed by atoms with Gasteiger partial charge in [-0.05, 0) is 37.5 Å². The molecule has 8 heteroatoms. The molecule has 1 aromatic carbocycles. The van der Waals surface area contributed by atoms with Crippen LogP contribution in [0.15, 0.2) is 40.5 Å². The van der Waals surface area contributed by atoms with Gasteiger partial charge < -0.3 is 10.3 Å². The van der Waals surface area contributed by atoms with Gasteiger partial charge in [0.15, 0.2) is 0 Å². The van der Waals surface area contributed by atoms with Crippen molar-refractivity contribution in [2.45, 2.75) is 39.4 Å². The first kappa shape index (κ1) is 20.1. The summed E-state index contributed by atoms with van der Waals surface area (Å²) in [6, 6.07) is 7.95. The molecule has 2 N–H and O–H groups in total. The number of aryl methyl sites for hydroxylation is 2. The number of aromatic nitrogens is 2. The lowest BCUT2D eigenvalue weighted by molar-refractivity contribution is -0.137. The van der Waals surface area contributed by atoms with E-state index in [1.807, 2.05) is 25.3 Å². The van der Waals surface area contributed by atoms with Crippen LogP contribution in [0.25, 0.3) is 11.3 Å². The van der Waals surface area contributed by atoms with Gasteiger partial charge in [-0.15, -0.1) is 11.3 Å². The van der Waals surface area contributed by atoms with E-state index in [4.69, 9.17) is 5.73 Å². The highest BCUT2D eigenvalue weighted by Gasteiger charge is 2.35. The van der Waals surface area contributed by atoms with Gasteiger partial charge in [-0.1, -0.05) is 30.7 Å². The van der Waals surface area contributed by atoms with Crippen LogP contribution in [0.1, 0.15) is 35.2 Å². The van der Waals surface area contributed by atoms with E-state index in [0.717, 1.165) is 29.5 Å². The van der Waals surface area contributed by atoms with Gasteiger partial charge in [0.25, 0.3) is 5.56 Å². The van der Waals surface area contributed by atoms with Crippen molar-refractivity contribution in [2.24, 2.45) is 0 Å². The molecule has 2 heterocycles. The number of thiazole rings is 1. The maximum atomic E-state index is 13.4. The normalized spacial score (nSPS) is 11.8. The van der Waals surface area contributed by atoms with Crippen LogP contribution in [0.2, 0.25) is 0 Å². The lowest BCUT2D eigenvalue weighted by atomic mass is 10.0. The number of halogens is 3. The highest BCUT2D eigenvalue weighted by molar-refractivity contribution is 7.09. The lowest BCUT2D eigenvalue weighted by Crippen LogP contribution is -2.28. The largest absolute Gasteiger partial charge is 0.418 e. The van der Waals surface area contributed by atoms with Crippen LogP contribution < -0.4 is 11.3 Å². The number of pyridine rings is 1. The van der Waals surface area contributed by atoms with Crippen molar-refractivity contribution in [3.63, 3.8) is 0 Å². The second-order valence-electron chi connectivity index (χ2n) is 6.60. The molecule has 0 saturated carbocycles. The second-order valence-corrected chi connectivity index (χ2v) is 7.54. The lowest BCUT2D eigenvalue weighted by Gasteiger charge is -2.18. The zero-order valence-corrected chi connectivity index (χ0v) is 16.3. The van der Waals surface area contributed by atoms with Gasteiger partial charge in [0.2, 0.25) is 0 Å². The molecule has 3 rings (SSSR count). The molecule has 0 atom stereocenters. The summed E-state index contributed by atoms with van der Waals surface area (Å²) in [4.78, 5) is 17.3. The number of nitrogens with zero attached hydrogens (tertiary/aromatic N) is 2. The van der Waals surface area contributed by atoms with Crippen LogP contribution in [0.5, 0.6) is 0 Å². The molecule has 0 saturated heterocycles. The van der Waals surface area contributed by atoms with Crippen molar-refractivity contribution in [3.05, 3.63) is 67.9 Å². The Labute approximate surface area is 164 Å². The van der Waals surface area contributed by atoms with Crippen LogP contribution >= 0.6 is 11.3 Å². The Morgan fingerprint density at radius 3 is 2.64 bits per heavy atom. The van der Waals surface area contributed by atoms with E-state index >= 15 is 0 Å². The smallest absolute Gasteiger partial charge is 0.394 e. The quantitative estimate of drug-likeness (QED) is 0.656. The van der Waals surface area contributed by atoms with Crippen LogP contribution in [0.4, 0.5) is 18.9 Å². The Kier molecular flexibility index (Phi) is 5.60. The van der Waals surface area contributed by atoms with Crippen molar-refractivity contribution in [2.75, 3.05) is 5.73 Å². The average Bonchev–Trinajstić information content (AvgIpc) is 3.05. The summed E-state index contributed by atoms with van der Waals surface area (Å²) in [5, 5.41) is 2.76. The number of nitrogens with two attached hydrogens (primary N) is 1. The number of nitrogen functional groups attached to an aromatic ring is 1. The minimum absolute atomic E-state index is 0.0602. The van der Waals surface area contributed by atoms with Crippen LogP contribution in [-0.2, 0) is 19.1 Å². The third kappa shape index (κ3) is 4.11. The van der Waals surface area contributed by atoms with Crippen molar-refractivity contribution in [1.82, 2.24) is 9.55 Å². The maximum Gasteiger partial charge on any atom is 0.418 e. The summed E-state index contributed by atoms with van der Waals surface area (Å²) in [6.07, 6.45) is -2.95. The summed E-state index contributed by atoms with van der Waals surface area (Å²) < 4.78 is 41.5. The Hall–Kier alpha value is -2.61. The van der Waals surface area contributed by atoms with E-state index in [2.05, 4.69) is 4.98 Å². The van der Waals surface area contributed by atoms with E-state index < -0.39 is 23.0 Å². The first-order valence-corrected chi connectivity index (χ1v) is 9.69. The number of hydrogen-bond acceptors (Lipinski definition) is 4. The van der Waals surface area contributed by atoms with Gasteiger partial charge in [0.05, 0.1) is 28.5 Å². The number of alkyl halides is 3. The molecule has 0 unspecified atom stereocenters. The molecule has 0 aliphatic carbocycles. The van der Waals surface area contributed by atoms with E-state index in [1.54, 1.807) is 18.2 Å². The average molecular weight is 407 g/mol. The van der Waals surface area contributed by atoms with E-state index in [-0.39, 0.29) is 12.2 Å². The standard InChI is InChI=1S/C20H20F3N3OS/c1-3-5-17-25-14(11-28-17)10-26-16(13-7-4-6-12(2)8-13)9-15(20(21,22)23)18(24)19(26)27/h4,6-9,11H,3,5,10,24H2,1-2H3. The molecule has 0 aliphatic heterocycles. The molecule has 148 valence electrons. The third-order valence-electron chi connectivity index (χ3n) is 4.34. The molecule has 4 nitrogen and oxygen atoms in total. The fourth-order valence-electron chi connectivity index (χ4n) is 3.01. The first-order valence-electron chi connectivity index (χ1n) is 8.81. The summed E-state index contributed by atoms with van der Waals surface area (Å²) in [5.41, 5.74) is 4.99.